The van der Waals surface area contributed by atoms with Crippen molar-refractivity contribution in [3.8, 4) is 17.3 Å². The minimum absolute atomic E-state index is 0.00748. The molecule has 39 heavy (non-hydrogen) atoms. The Morgan fingerprint density at radius 2 is 2.00 bits per heavy atom. The lowest BCUT2D eigenvalue weighted by Crippen LogP contribution is -2.29. The molecule has 9 nitrogen and oxygen atoms in total. The van der Waals surface area contributed by atoms with Gasteiger partial charge in [0.2, 0.25) is 5.88 Å². The number of hydrogen-bond acceptors (Lipinski definition) is 8. The van der Waals surface area contributed by atoms with Crippen LogP contribution in [0.5, 0.6) is 5.88 Å². The summed E-state index contributed by atoms with van der Waals surface area (Å²) in [5, 5.41) is 7.53. The number of halogens is 5. The minimum atomic E-state index is -5.97. The van der Waals surface area contributed by atoms with Crippen molar-refractivity contribution in [2.75, 3.05) is 26.9 Å². The number of alkyl halides is 3. The fourth-order valence-electron chi connectivity index (χ4n) is 3.99. The van der Waals surface area contributed by atoms with Crippen molar-refractivity contribution in [3.63, 3.8) is 0 Å². The molecular formula is C24H27F5N4O5S. The average Bonchev–Trinajstić information content (AvgIpc) is 3.53. The molecule has 1 N–H and O–H groups in total. The first-order valence-corrected chi connectivity index (χ1v) is 13.1. The Morgan fingerprint density at radius 3 is 2.64 bits per heavy atom. The number of pyridine rings is 1. The van der Waals surface area contributed by atoms with Crippen molar-refractivity contribution >= 4 is 16.2 Å². The van der Waals surface area contributed by atoms with Crippen LogP contribution in [0.25, 0.3) is 17.5 Å². The van der Waals surface area contributed by atoms with Gasteiger partial charge in [0.05, 0.1) is 31.4 Å². The predicted molar refractivity (Wildman–Crippen MR) is 132 cm³/mol. The van der Waals surface area contributed by atoms with Crippen LogP contribution in [-0.4, -0.2) is 55.6 Å². The van der Waals surface area contributed by atoms with Gasteiger partial charge in [0.25, 0.3) is 0 Å². The largest absolute Gasteiger partial charge is 0.534 e. The number of nitrogens with one attached hydrogen (secondary N) is 1. The molecule has 4 rings (SSSR count). The maximum atomic E-state index is 14.2. The molecule has 15 heteroatoms. The summed E-state index contributed by atoms with van der Waals surface area (Å²) >= 11 is 0. The van der Waals surface area contributed by atoms with E-state index in [1.807, 2.05) is 0 Å². The van der Waals surface area contributed by atoms with Crippen molar-refractivity contribution in [1.82, 2.24) is 20.1 Å². The molecule has 0 atom stereocenters. The van der Waals surface area contributed by atoms with Gasteiger partial charge in [-0.2, -0.15) is 26.7 Å². The number of hydrogen-bond donors (Lipinski definition) is 1. The summed E-state index contributed by atoms with van der Waals surface area (Å²) in [4.78, 5) is 4.04. The van der Waals surface area contributed by atoms with Gasteiger partial charge in [0.15, 0.2) is 0 Å². The summed E-state index contributed by atoms with van der Waals surface area (Å²) in [6.45, 7) is 6.23. The van der Waals surface area contributed by atoms with Crippen molar-refractivity contribution in [3.05, 3.63) is 59.5 Å². The van der Waals surface area contributed by atoms with E-state index in [0.29, 0.717) is 57.3 Å². The molecule has 0 amide bonds. The van der Waals surface area contributed by atoms with E-state index in [-0.39, 0.29) is 35.3 Å². The highest BCUT2D eigenvalue weighted by atomic mass is 32.2. The number of nitrogens with zero attached hydrogens (tertiary/aromatic N) is 3. The molecule has 214 valence electrons. The first-order chi connectivity index (χ1) is 18.5. The molecule has 0 saturated heterocycles. The molecule has 0 bridgehead atoms. The molecule has 0 fully saturated rings. The topological polar surface area (TPSA) is 105 Å². The smallest absolute Gasteiger partial charge is 0.499 e. The zero-order valence-electron chi connectivity index (χ0n) is 20.9. The maximum Gasteiger partial charge on any atom is 0.534 e. The van der Waals surface area contributed by atoms with Gasteiger partial charge in [0, 0.05) is 37.4 Å². The van der Waals surface area contributed by atoms with E-state index < -0.39 is 27.3 Å². The minimum Gasteiger partial charge on any atom is -0.499 e. The first kappa shape index (κ1) is 30.2. The number of ether oxygens (including phenoxy) is 2. The summed E-state index contributed by atoms with van der Waals surface area (Å²) in [5.41, 5.74) is -4.02. The van der Waals surface area contributed by atoms with Gasteiger partial charge in [-0.05, 0) is 37.0 Å². The van der Waals surface area contributed by atoms with Crippen LogP contribution in [0.1, 0.15) is 28.8 Å². The Labute approximate surface area is 222 Å². The van der Waals surface area contributed by atoms with Gasteiger partial charge in [-0.1, -0.05) is 6.58 Å². The van der Waals surface area contributed by atoms with E-state index in [4.69, 9.17) is 4.74 Å². The molecular weight excluding hydrogens is 551 g/mol. The van der Waals surface area contributed by atoms with E-state index >= 15 is 0 Å². The molecule has 0 radical (unpaired) electrons. The molecule has 3 heterocycles. The van der Waals surface area contributed by atoms with E-state index in [1.165, 1.54) is 6.26 Å². The van der Waals surface area contributed by atoms with Crippen LogP contribution in [-0.2, 0) is 45.5 Å². The van der Waals surface area contributed by atoms with Gasteiger partial charge >= 0.3 is 15.6 Å². The van der Waals surface area contributed by atoms with E-state index in [0.717, 1.165) is 11.8 Å². The summed E-state index contributed by atoms with van der Waals surface area (Å²) < 4.78 is 104. The van der Waals surface area contributed by atoms with Gasteiger partial charge < -0.3 is 19.0 Å². The molecule has 1 aliphatic carbocycles. The second-order valence-electron chi connectivity index (χ2n) is 8.25. The Morgan fingerprint density at radius 1 is 1.26 bits per heavy atom. The predicted octanol–water partition coefficient (Wildman–Crippen LogP) is 4.35. The van der Waals surface area contributed by atoms with Crippen molar-refractivity contribution < 1.29 is 44.0 Å². The van der Waals surface area contributed by atoms with Crippen LogP contribution in [0.3, 0.4) is 0 Å². The second-order valence-corrected chi connectivity index (χ2v) is 9.78. The van der Waals surface area contributed by atoms with Crippen molar-refractivity contribution in [1.29, 1.82) is 0 Å². The van der Waals surface area contributed by atoms with Crippen LogP contribution in [0, 0.1) is 0 Å². The van der Waals surface area contributed by atoms with Crippen LogP contribution in [0.4, 0.5) is 22.0 Å². The summed E-state index contributed by atoms with van der Waals surface area (Å²) in [6, 6.07) is 1.62. The van der Waals surface area contributed by atoms with Gasteiger partial charge in [0.1, 0.15) is 23.8 Å². The van der Waals surface area contributed by atoms with Crippen LogP contribution in [0.15, 0.2) is 37.1 Å². The normalized spacial score (nSPS) is 15.4. The molecule has 0 spiro atoms. The van der Waals surface area contributed by atoms with E-state index in [9.17, 15) is 30.4 Å². The lowest BCUT2D eigenvalue weighted by atomic mass is 10.00. The molecule has 2 aromatic heterocycles. The van der Waals surface area contributed by atoms with Gasteiger partial charge in [-0.25, -0.2) is 13.8 Å². The highest BCUT2D eigenvalue weighted by Gasteiger charge is 2.49. The van der Waals surface area contributed by atoms with Crippen LogP contribution < -0.4 is 9.50 Å². The quantitative estimate of drug-likeness (QED) is 0.117. The number of aromatic nitrogens is 3. The molecule has 1 aliphatic heterocycles. The number of rotatable bonds is 9. The van der Waals surface area contributed by atoms with Crippen LogP contribution in [0.2, 0.25) is 0 Å². The number of allylic oxidation sites excluding steroid dienone is 2. The average molecular weight is 579 g/mol. The fraction of sp³-hybridized carbons (Fsp3) is 0.417. The summed E-state index contributed by atoms with van der Waals surface area (Å²) in [6.07, 6.45) is 3.96. The molecule has 2 aromatic rings. The zero-order valence-corrected chi connectivity index (χ0v) is 21.7. The maximum absolute atomic E-state index is 14.2. The van der Waals surface area contributed by atoms with Crippen molar-refractivity contribution in [2.45, 2.75) is 37.9 Å². The number of fused-ring (bicyclic) bond motifs is 2. The zero-order chi connectivity index (χ0) is 28.6. The number of methoxy groups -OCH3 is 1. The highest BCUT2D eigenvalue weighted by molar-refractivity contribution is 7.87. The Balaban J connectivity index is 0.000000532. The fourth-order valence-corrected chi connectivity index (χ4v) is 4.43. The Bertz CT molecular complexity index is 1320. The molecule has 2 aliphatic rings. The lowest BCUT2D eigenvalue weighted by molar-refractivity contribution is -0.0501. The van der Waals surface area contributed by atoms with Gasteiger partial charge in [-0.3, -0.25) is 4.68 Å². The third-order valence-electron chi connectivity index (χ3n) is 5.68. The summed E-state index contributed by atoms with van der Waals surface area (Å²) in [7, 11) is -4.34. The standard InChI is InChI=1S/C19H17F5N4O3S.C5H10O2/c20-5-4-11(21)8-15-13-2-1-3-14(13)18(31-32(29,30)19(22,23)24)26-17(15)16-9-12-10-25-6-7-28(12)27-16;1-3-7-5-4-6-2/h4-5,8-9,25H,1-3,6-7,10H2;3H,1,4-5H2,2H3/b5-4+,11-8?;. The molecule has 0 saturated carbocycles. The van der Waals surface area contributed by atoms with Crippen molar-refractivity contribution in [2.24, 2.45) is 0 Å². The third kappa shape index (κ3) is 7.42. The molecule has 0 unspecified atom stereocenters. The SMILES string of the molecule is C=COCCOC.O=S(=O)(Oc1nc(-c2cc3n(n2)CCNC3)c(C=C(F)/C=C/F)c2c1CCC2)C(F)(F)F. The lowest BCUT2D eigenvalue weighted by Gasteiger charge is -2.16. The monoisotopic (exact) mass is 578 g/mol. The van der Waals surface area contributed by atoms with Gasteiger partial charge in [-0.15, -0.1) is 0 Å². The van der Waals surface area contributed by atoms with E-state index in [2.05, 4.69) is 30.9 Å². The summed E-state index contributed by atoms with van der Waals surface area (Å²) in [5.74, 6) is -1.67. The second kappa shape index (κ2) is 13.2. The van der Waals surface area contributed by atoms with E-state index in [1.54, 1.807) is 17.9 Å². The highest BCUT2D eigenvalue weighted by Crippen LogP contribution is 2.40. The first-order valence-electron chi connectivity index (χ1n) is 11.7. The Kier molecular flexibility index (Phi) is 10.2. The Hall–Kier alpha value is -3.30. The third-order valence-corrected chi connectivity index (χ3v) is 6.63. The van der Waals surface area contributed by atoms with Crippen LogP contribution >= 0.6 is 0 Å². The molecule has 0 aromatic carbocycles.